The van der Waals surface area contributed by atoms with Crippen molar-refractivity contribution in [3.05, 3.63) is 34.4 Å². The summed E-state index contributed by atoms with van der Waals surface area (Å²) in [5.74, 6) is -0.793. The SMILES string of the molecule is COC(=O)c1c(CBr)ccc(C(F)F)c1C#N. The number of benzene rings is 1. The van der Waals surface area contributed by atoms with Crippen molar-refractivity contribution in [2.45, 2.75) is 11.8 Å². The van der Waals surface area contributed by atoms with E-state index in [-0.39, 0.29) is 16.5 Å². The van der Waals surface area contributed by atoms with Crippen LogP contribution in [-0.4, -0.2) is 13.1 Å². The second kappa shape index (κ2) is 5.73. The van der Waals surface area contributed by atoms with Crippen LogP contribution < -0.4 is 0 Å². The first-order chi connectivity index (χ1) is 8.06. The lowest BCUT2D eigenvalue weighted by atomic mass is 9.97. The maximum Gasteiger partial charge on any atom is 0.339 e. The number of methoxy groups -OCH3 is 1. The minimum absolute atomic E-state index is 0.107. The molecule has 0 N–H and O–H groups in total. The Balaban J connectivity index is 3.56. The first kappa shape index (κ1) is 13.6. The third kappa shape index (κ3) is 2.61. The number of nitriles is 1. The molecule has 0 saturated heterocycles. The Kier molecular flexibility index (Phi) is 4.58. The molecule has 0 aliphatic rings. The molecule has 0 atom stereocenters. The molecule has 0 amide bonds. The van der Waals surface area contributed by atoms with E-state index in [9.17, 15) is 13.6 Å². The zero-order valence-corrected chi connectivity index (χ0v) is 10.4. The van der Waals surface area contributed by atoms with Gasteiger partial charge in [-0.2, -0.15) is 5.26 Å². The van der Waals surface area contributed by atoms with Crippen LogP contribution in [-0.2, 0) is 10.1 Å². The monoisotopic (exact) mass is 303 g/mol. The molecule has 3 nitrogen and oxygen atoms in total. The summed E-state index contributed by atoms with van der Waals surface area (Å²) in [5, 5.41) is 9.18. The van der Waals surface area contributed by atoms with Crippen molar-refractivity contribution in [3.63, 3.8) is 0 Å². The van der Waals surface area contributed by atoms with Crippen LogP contribution in [0, 0.1) is 11.3 Å². The van der Waals surface area contributed by atoms with Crippen molar-refractivity contribution in [2.24, 2.45) is 0 Å². The highest BCUT2D eigenvalue weighted by Crippen LogP contribution is 2.28. The van der Waals surface area contributed by atoms with Crippen molar-refractivity contribution in [1.82, 2.24) is 0 Å². The number of hydrogen-bond acceptors (Lipinski definition) is 3. The lowest BCUT2D eigenvalue weighted by Gasteiger charge is -2.11. The standard InChI is InChI=1S/C11H8BrF2NO2/c1-17-11(16)9-6(4-12)2-3-7(10(13)14)8(9)5-15/h2-3,10H,4H2,1H3. The topological polar surface area (TPSA) is 50.1 Å². The minimum atomic E-state index is -2.81. The number of rotatable bonds is 3. The quantitative estimate of drug-likeness (QED) is 0.636. The number of esters is 1. The molecule has 1 rings (SSSR count). The summed E-state index contributed by atoms with van der Waals surface area (Å²) in [6.07, 6.45) is -2.81. The van der Waals surface area contributed by atoms with E-state index >= 15 is 0 Å². The average molecular weight is 304 g/mol. The Morgan fingerprint density at radius 1 is 1.59 bits per heavy atom. The highest BCUT2D eigenvalue weighted by molar-refractivity contribution is 9.08. The summed E-state index contributed by atoms with van der Waals surface area (Å²) in [6, 6.07) is 4.16. The summed E-state index contributed by atoms with van der Waals surface area (Å²) < 4.78 is 29.9. The fraction of sp³-hybridized carbons (Fsp3) is 0.273. The number of hydrogen-bond donors (Lipinski definition) is 0. The van der Waals surface area contributed by atoms with Gasteiger partial charge in [-0.1, -0.05) is 28.1 Å². The number of alkyl halides is 3. The number of carbonyl (C=O) groups excluding carboxylic acids is 1. The number of halogens is 3. The first-order valence-electron chi connectivity index (χ1n) is 4.55. The third-order valence-corrected chi connectivity index (χ3v) is 2.81. The number of nitrogens with zero attached hydrogens (tertiary/aromatic N) is 1. The molecule has 0 heterocycles. The number of ether oxygens (including phenoxy) is 1. The largest absolute Gasteiger partial charge is 0.465 e. The highest BCUT2D eigenvalue weighted by atomic mass is 79.9. The third-order valence-electron chi connectivity index (χ3n) is 2.20. The van der Waals surface area contributed by atoms with Crippen molar-refractivity contribution in [1.29, 1.82) is 5.26 Å². The maximum atomic E-state index is 12.7. The van der Waals surface area contributed by atoms with Crippen molar-refractivity contribution < 1.29 is 18.3 Å². The molecular weight excluding hydrogens is 296 g/mol. The van der Waals surface area contributed by atoms with Crippen molar-refractivity contribution in [2.75, 3.05) is 7.11 Å². The fourth-order valence-electron chi connectivity index (χ4n) is 1.41. The molecule has 0 saturated carbocycles. The van der Waals surface area contributed by atoms with Crippen LogP contribution in [0.4, 0.5) is 8.78 Å². The van der Waals surface area contributed by atoms with Crippen molar-refractivity contribution in [3.8, 4) is 6.07 Å². The van der Waals surface area contributed by atoms with E-state index in [2.05, 4.69) is 20.7 Å². The van der Waals surface area contributed by atoms with E-state index in [1.807, 2.05) is 0 Å². The summed E-state index contributed by atoms with van der Waals surface area (Å²) in [7, 11) is 1.14. The lowest BCUT2D eigenvalue weighted by Crippen LogP contribution is -2.10. The fourth-order valence-corrected chi connectivity index (χ4v) is 1.88. The molecule has 0 spiro atoms. The highest BCUT2D eigenvalue weighted by Gasteiger charge is 2.23. The van der Waals surface area contributed by atoms with Crippen LogP contribution in [0.15, 0.2) is 12.1 Å². The summed E-state index contributed by atoms with van der Waals surface area (Å²) in [6.45, 7) is 0. The Morgan fingerprint density at radius 3 is 2.65 bits per heavy atom. The summed E-state index contributed by atoms with van der Waals surface area (Å²) in [5.41, 5.74) is -0.455. The molecule has 0 unspecified atom stereocenters. The summed E-state index contributed by atoms with van der Waals surface area (Å²) in [4.78, 5) is 11.5. The van der Waals surface area contributed by atoms with E-state index in [1.165, 1.54) is 6.07 Å². The second-order valence-corrected chi connectivity index (χ2v) is 3.66. The van der Waals surface area contributed by atoms with Gasteiger partial charge in [0, 0.05) is 10.9 Å². The van der Waals surface area contributed by atoms with Crippen molar-refractivity contribution >= 4 is 21.9 Å². The Morgan fingerprint density at radius 2 is 2.24 bits per heavy atom. The molecule has 90 valence electrons. The van der Waals surface area contributed by atoms with E-state index in [0.29, 0.717) is 5.56 Å². The summed E-state index contributed by atoms with van der Waals surface area (Å²) >= 11 is 3.13. The molecule has 0 fully saturated rings. The second-order valence-electron chi connectivity index (χ2n) is 3.10. The maximum absolute atomic E-state index is 12.7. The Hall–Kier alpha value is -1.48. The van der Waals surface area contributed by atoms with Gasteiger partial charge < -0.3 is 4.74 Å². The van der Waals surface area contributed by atoms with Crippen LogP contribution in [0.2, 0.25) is 0 Å². The molecule has 17 heavy (non-hydrogen) atoms. The molecule has 6 heteroatoms. The van der Waals surface area contributed by atoms with Gasteiger partial charge in [-0.05, 0) is 5.56 Å². The van der Waals surface area contributed by atoms with Gasteiger partial charge >= 0.3 is 5.97 Å². The predicted molar refractivity (Wildman–Crippen MR) is 60.1 cm³/mol. The smallest absolute Gasteiger partial charge is 0.339 e. The predicted octanol–water partition coefficient (Wildman–Crippen LogP) is 3.18. The van der Waals surface area contributed by atoms with Gasteiger partial charge in [0.05, 0.1) is 18.2 Å². The van der Waals surface area contributed by atoms with Gasteiger partial charge in [0.2, 0.25) is 0 Å². The van der Waals surface area contributed by atoms with Gasteiger partial charge in [0.15, 0.2) is 0 Å². The van der Waals surface area contributed by atoms with Crippen LogP contribution in [0.1, 0.15) is 33.5 Å². The van der Waals surface area contributed by atoms with E-state index in [0.717, 1.165) is 13.2 Å². The van der Waals surface area contributed by atoms with Gasteiger partial charge in [-0.25, -0.2) is 13.6 Å². The first-order valence-corrected chi connectivity index (χ1v) is 5.67. The van der Waals surface area contributed by atoms with E-state index in [1.54, 1.807) is 6.07 Å². The lowest BCUT2D eigenvalue weighted by molar-refractivity contribution is 0.0599. The van der Waals surface area contributed by atoms with E-state index < -0.39 is 18.0 Å². The molecule has 1 aromatic rings. The zero-order chi connectivity index (χ0) is 13.0. The molecule has 0 aliphatic heterocycles. The molecule has 0 aliphatic carbocycles. The van der Waals surface area contributed by atoms with Crippen LogP contribution in [0.3, 0.4) is 0 Å². The minimum Gasteiger partial charge on any atom is -0.465 e. The molecule has 0 aromatic heterocycles. The molecule has 0 bridgehead atoms. The van der Waals surface area contributed by atoms with Gasteiger partial charge in [0.25, 0.3) is 6.43 Å². The van der Waals surface area contributed by atoms with Crippen LogP contribution >= 0.6 is 15.9 Å². The normalized spacial score (nSPS) is 10.1. The Bertz CT molecular complexity index is 483. The molecule has 1 aromatic carbocycles. The van der Waals surface area contributed by atoms with Gasteiger partial charge in [-0.15, -0.1) is 0 Å². The molecular formula is C11H8BrF2NO2. The Labute approximate surface area is 105 Å². The van der Waals surface area contributed by atoms with Crippen LogP contribution in [0.5, 0.6) is 0 Å². The van der Waals surface area contributed by atoms with Crippen LogP contribution in [0.25, 0.3) is 0 Å². The average Bonchev–Trinajstić information content (AvgIpc) is 2.35. The zero-order valence-electron chi connectivity index (χ0n) is 8.84. The van der Waals surface area contributed by atoms with E-state index in [4.69, 9.17) is 5.26 Å². The molecule has 0 radical (unpaired) electrons. The van der Waals surface area contributed by atoms with Gasteiger partial charge in [0.1, 0.15) is 6.07 Å². The van der Waals surface area contributed by atoms with Gasteiger partial charge in [-0.3, -0.25) is 0 Å². The number of carbonyl (C=O) groups is 1.